The molecule has 32 heavy (non-hydrogen) atoms. The summed E-state index contributed by atoms with van der Waals surface area (Å²) >= 11 is 1.53. The maximum atomic E-state index is 13.5. The summed E-state index contributed by atoms with van der Waals surface area (Å²) in [5.41, 5.74) is 2.37. The Labute approximate surface area is 189 Å². The van der Waals surface area contributed by atoms with Crippen molar-refractivity contribution in [3.63, 3.8) is 0 Å². The number of carbonyl (C=O) groups is 1. The number of benzene rings is 2. The van der Waals surface area contributed by atoms with Gasteiger partial charge in [0.25, 0.3) is 5.91 Å². The monoisotopic (exact) mass is 464 g/mol. The van der Waals surface area contributed by atoms with Crippen LogP contribution in [0.25, 0.3) is 16.4 Å². The molecule has 1 aliphatic heterocycles. The van der Waals surface area contributed by atoms with E-state index in [1.807, 2.05) is 47.8 Å². The number of rotatable bonds is 4. The zero-order chi connectivity index (χ0) is 22.3. The molecule has 1 aliphatic rings. The molecule has 0 radical (unpaired) electrons. The molecule has 0 atom stereocenters. The number of hydrogen-bond acceptors (Lipinski definition) is 6. The Morgan fingerprint density at radius 3 is 2.59 bits per heavy atom. The Morgan fingerprint density at radius 1 is 1.06 bits per heavy atom. The van der Waals surface area contributed by atoms with E-state index >= 15 is 0 Å². The lowest BCUT2D eigenvalue weighted by Gasteiger charge is -2.28. The standard InChI is InChI=1S/C23H20N4O3S2/c1-32(29,30)18-11-12-19-16(15-18)7-5-13-26(19)23(28)21-24-22(20-10-6-14-31-20)27(25-21)17-8-3-2-4-9-17/h2-4,6,8-12,14-15H,5,7,13H2,1H3. The van der Waals surface area contributed by atoms with Crippen molar-refractivity contribution in [2.24, 2.45) is 0 Å². The van der Waals surface area contributed by atoms with Gasteiger partial charge in [-0.3, -0.25) is 4.79 Å². The van der Waals surface area contributed by atoms with Crippen LogP contribution in [0, 0.1) is 0 Å². The number of thiophene rings is 1. The summed E-state index contributed by atoms with van der Waals surface area (Å²) in [6, 6.07) is 18.4. The molecule has 9 heteroatoms. The van der Waals surface area contributed by atoms with Gasteiger partial charge in [0.2, 0.25) is 5.82 Å². The van der Waals surface area contributed by atoms with Gasteiger partial charge in [0.15, 0.2) is 15.7 Å². The van der Waals surface area contributed by atoms with Crippen molar-refractivity contribution in [3.05, 3.63) is 77.4 Å². The van der Waals surface area contributed by atoms with Gasteiger partial charge < -0.3 is 4.90 Å². The molecule has 2 aromatic carbocycles. The fraction of sp³-hybridized carbons (Fsp3) is 0.174. The summed E-state index contributed by atoms with van der Waals surface area (Å²) in [6.45, 7) is 0.526. The molecule has 0 spiro atoms. The van der Waals surface area contributed by atoms with Crippen LogP contribution in [0.3, 0.4) is 0 Å². The summed E-state index contributed by atoms with van der Waals surface area (Å²) in [5.74, 6) is 0.419. The molecule has 4 aromatic rings. The van der Waals surface area contributed by atoms with Crippen molar-refractivity contribution in [2.45, 2.75) is 17.7 Å². The van der Waals surface area contributed by atoms with Crippen LogP contribution in [0.4, 0.5) is 5.69 Å². The number of para-hydroxylation sites is 1. The lowest BCUT2D eigenvalue weighted by atomic mass is 10.0. The number of anilines is 1. The van der Waals surface area contributed by atoms with E-state index in [2.05, 4.69) is 10.1 Å². The van der Waals surface area contributed by atoms with Crippen LogP contribution in [-0.2, 0) is 16.3 Å². The number of amides is 1. The van der Waals surface area contributed by atoms with E-state index in [1.54, 1.807) is 27.8 Å². The minimum absolute atomic E-state index is 0.109. The minimum atomic E-state index is -3.31. The predicted octanol–water partition coefficient (Wildman–Crippen LogP) is 3.99. The maximum Gasteiger partial charge on any atom is 0.297 e. The first-order chi connectivity index (χ1) is 15.4. The summed E-state index contributed by atoms with van der Waals surface area (Å²) < 4.78 is 25.6. The predicted molar refractivity (Wildman–Crippen MR) is 124 cm³/mol. The van der Waals surface area contributed by atoms with Crippen molar-refractivity contribution in [1.82, 2.24) is 14.8 Å². The highest BCUT2D eigenvalue weighted by Crippen LogP contribution is 2.31. The average molecular weight is 465 g/mol. The number of fused-ring (bicyclic) bond motifs is 1. The zero-order valence-electron chi connectivity index (χ0n) is 17.3. The number of nitrogens with zero attached hydrogens (tertiary/aromatic N) is 4. The van der Waals surface area contributed by atoms with Crippen molar-refractivity contribution in [1.29, 1.82) is 0 Å². The van der Waals surface area contributed by atoms with Crippen LogP contribution >= 0.6 is 11.3 Å². The van der Waals surface area contributed by atoms with Gasteiger partial charge in [-0.15, -0.1) is 16.4 Å². The summed E-state index contributed by atoms with van der Waals surface area (Å²) in [7, 11) is -3.31. The van der Waals surface area contributed by atoms with E-state index in [-0.39, 0.29) is 16.6 Å². The summed E-state index contributed by atoms with van der Waals surface area (Å²) in [4.78, 5) is 20.9. The average Bonchev–Trinajstić information content (AvgIpc) is 3.48. The molecule has 0 aliphatic carbocycles. The lowest BCUT2D eigenvalue weighted by molar-refractivity contribution is 0.0975. The van der Waals surface area contributed by atoms with Crippen LogP contribution in [-0.4, -0.2) is 41.9 Å². The van der Waals surface area contributed by atoms with Crippen LogP contribution in [0.15, 0.2) is 70.9 Å². The molecular weight excluding hydrogens is 444 g/mol. The number of carbonyl (C=O) groups excluding carboxylic acids is 1. The van der Waals surface area contributed by atoms with Crippen LogP contribution in [0.1, 0.15) is 22.6 Å². The molecule has 0 bridgehead atoms. The van der Waals surface area contributed by atoms with Crippen LogP contribution < -0.4 is 4.90 Å². The van der Waals surface area contributed by atoms with Gasteiger partial charge in [0.05, 0.1) is 15.5 Å². The normalized spacial score (nSPS) is 13.7. The van der Waals surface area contributed by atoms with E-state index in [4.69, 9.17) is 0 Å². The molecule has 3 heterocycles. The second-order valence-electron chi connectivity index (χ2n) is 7.61. The third kappa shape index (κ3) is 3.74. The highest BCUT2D eigenvalue weighted by Gasteiger charge is 2.29. The van der Waals surface area contributed by atoms with Crippen molar-refractivity contribution < 1.29 is 13.2 Å². The third-order valence-electron chi connectivity index (χ3n) is 5.38. The molecule has 0 saturated carbocycles. The molecule has 5 rings (SSSR count). The van der Waals surface area contributed by atoms with E-state index in [0.29, 0.717) is 18.1 Å². The van der Waals surface area contributed by atoms with Gasteiger partial charge in [-0.1, -0.05) is 24.3 Å². The quantitative estimate of drug-likeness (QED) is 0.456. The molecule has 2 aromatic heterocycles. The first-order valence-electron chi connectivity index (χ1n) is 10.1. The largest absolute Gasteiger partial charge is 0.305 e. The van der Waals surface area contributed by atoms with E-state index < -0.39 is 9.84 Å². The van der Waals surface area contributed by atoms with Crippen LogP contribution in [0.5, 0.6) is 0 Å². The fourth-order valence-corrected chi connectivity index (χ4v) is 5.22. The lowest BCUT2D eigenvalue weighted by Crippen LogP contribution is -2.36. The van der Waals surface area contributed by atoms with Gasteiger partial charge in [0.1, 0.15) is 0 Å². The Kier molecular flexibility index (Phi) is 5.15. The summed E-state index contributed by atoms with van der Waals surface area (Å²) in [6.07, 6.45) is 2.64. The highest BCUT2D eigenvalue weighted by molar-refractivity contribution is 7.90. The number of sulfone groups is 1. The Balaban J connectivity index is 1.56. The molecule has 7 nitrogen and oxygen atoms in total. The molecule has 0 fully saturated rings. The van der Waals surface area contributed by atoms with Gasteiger partial charge in [0, 0.05) is 18.5 Å². The van der Waals surface area contributed by atoms with E-state index in [9.17, 15) is 13.2 Å². The van der Waals surface area contributed by atoms with Crippen molar-refractivity contribution in [3.8, 4) is 16.4 Å². The summed E-state index contributed by atoms with van der Waals surface area (Å²) in [5, 5.41) is 6.53. The SMILES string of the molecule is CS(=O)(=O)c1ccc2c(c1)CCCN2C(=O)c1nc(-c2cccs2)n(-c2ccccc2)n1. The first kappa shape index (κ1) is 20.6. The van der Waals surface area contributed by atoms with Crippen molar-refractivity contribution in [2.75, 3.05) is 17.7 Å². The van der Waals surface area contributed by atoms with Gasteiger partial charge >= 0.3 is 0 Å². The number of aromatic nitrogens is 3. The zero-order valence-corrected chi connectivity index (χ0v) is 18.9. The molecular formula is C23H20N4O3S2. The van der Waals surface area contributed by atoms with Crippen molar-refractivity contribution >= 4 is 32.8 Å². The van der Waals surface area contributed by atoms with Gasteiger partial charge in [-0.2, -0.15) is 0 Å². The van der Waals surface area contributed by atoms with Gasteiger partial charge in [-0.25, -0.2) is 18.1 Å². The van der Waals surface area contributed by atoms with Gasteiger partial charge in [-0.05, 0) is 60.2 Å². The topological polar surface area (TPSA) is 85.2 Å². The van der Waals surface area contributed by atoms with E-state index in [0.717, 1.165) is 29.0 Å². The van der Waals surface area contributed by atoms with Crippen LogP contribution in [0.2, 0.25) is 0 Å². The molecule has 0 saturated heterocycles. The molecule has 162 valence electrons. The third-order valence-corrected chi connectivity index (χ3v) is 7.36. The minimum Gasteiger partial charge on any atom is -0.305 e. The maximum absolute atomic E-state index is 13.5. The Hall–Kier alpha value is -3.30. The second kappa shape index (κ2) is 7.99. The molecule has 0 unspecified atom stereocenters. The fourth-order valence-electron chi connectivity index (χ4n) is 3.85. The highest BCUT2D eigenvalue weighted by atomic mass is 32.2. The number of hydrogen-bond donors (Lipinski definition) is 0. The smallest absolute Gasteiger partial charge is 0.297 e. The Bertz CT molecular complexity index is 1390. The molecule has 1 amide bonds. The first-order valence-corrected chi connectivity index (χ1v) is 12.9. The number of aryl methyl sites for hydroxylation is 1. The Morgan fingerprint density at radius 2 is 1.88 bits per heavy atom. The van der Waals surface area contributed by atoms with E-state index in [1.165, 1.54) is 17.6 Å². The molecule has 0 N–H and O–H groups in total. The second-order valence-corrected chi connectivity index (χ2v) is 10.6.